The maximum absolute atomic E-state index is 5.96. The molecule has 1 heterocycles. The molecule has 3 N–H and O–H groups in total. The van der Waals surface area contributed by atoms with Gasteiger partial charge in [0.05, 0.1) is 6.54 Å². The van der Waals surface area contributed by atoms with Gasteiger partial charge in [0.15, 0.2) is 5.96 Å². The minimum Gasteiger partial charge on any atom is -0.370 e. The number of guanidine groups is 1. The number of nitrogens with zero attached hydrogens (tertiary/aromatic N) is 2. The number of aliphatic imine (C=N–C) groups is 1. The summed E-state index contributed by atoms with van der Waals surface area (Å²) in [4.78, 5) is 6.91. The molecule has 0 aliphatic carbocycles. The van der Waals surface area contributed by atoms with E-state index in [0.29, 0.717) is 5.96 Å². The van der Waals surface area contributed by atoms with Gasteiger partial charge in [0.25, 0.3) is 0 Å². The molecule has 0 aromatic heterocycles. The summed E-state index contributed by atoms with van der Waals surface area (Å²) < 4.78 is 0. The van der Waals surface area contributed by atoms with Gasteiger partial charge in [-0.1, -0.05) is 26.0 Å². The molecule has 1 saturated heterocycles. The average Bonchev–Trinajstić information content (AvgIpc) is 2.49. The van der Waals surface area contributed by atoms with E-state index < -0.39 is 0 Å². The third-order valence-electron chi connectivity index (χ3n) is 4.18. The van der Waals surface area contributed by atoms with Gasteiger partial charge >= 0.3 is 0 Å². The Bertz CT molecular complexity index is 462. The van der Waals surface area contributed by atoms with E-state index in [0.717, 1.165) is 31.1 Å². The number of piperidine rings is 1. The van der Waals surface area contributed by atoms with Crippen LogP contribution in [-0.4, -0.2) is 37.0 Å². The van der Waals surface area contributed by atoms with Crippen molar-refractivity contribution in [2.24, 2.45) is 16.6 Å². The molecule has 0 radical (unpaired) electrons. The van der Waals surface area contributed by atoms with Gasteiger partial charge in [-0.25, -0.2) is 0 Å². The fourth-order valence-corrected chi connectivity index (χ4v) is 2.65. The number of anilines is 1. The van der Waals surface area contributed by atoms with E-state index in [4.69, 9.17) is 5.73 Å². The highest BCUT2D eigenvalue weighted by atomic mass is 15.2. The van der Waals surface area contributed by atoms with Crippen molar-refractivity contribution in [2.75, 3.05) is 31.5 Å². The highest BCUT2D eigenvalue weighted by Crippen LogP contribution is 2.15. The summed E-state index contributed by atoms with van der Waals surface area (Å²) in [5.41, 5.74) is 8.27. The highest BCUT2D eigenvalue weighted by molar-refractivity contribution is 5.92. The topological polar surface area (TPSA) is 53.6 Å². The predicted molar refractivity (Wildman–Crippen MR) is 90.8 cm³/mol. The van der Waals surface area contributed by atoms with Gasteiger partial charge in [0.2, 0.25) is 0 Å². The smallest absolute Gasteiger partial charge is 0.193 e. The van der Waals surface area contributed by atoms with Gasteiger partial charge in [0, 0.05) is 12.2 Å². The molecular weight excluding hydrogens is 260 g/mol. The zero-order valence-electron chi connectivity index (χ0n) is 13.3. The van der Waals surface area contributed by atoms with Gasteiger partial charge in [-0.15, -0.1) is 0 Å². The van der Waals surface area contributed by atoms with Crippen molar-refractivity contribution in [1.82, 2.24) is 4.90 Å². The third kappa shape index (κ3) is 5.38. The first kappa shape index (κ1) is 15.8. The molecule has 21 heavy (non-hydrogen) atoms. The lowest BCUT2D eigenvalue weighted by Crippen LogP contribution is -2.35. The van der Waals surface area contributed by atoms with Crippen molar-refractivity contribution in [2.45, 2.75) is 33.1 Å². The van der Waals surface area contributed by atoms with Crippen LogP contribution in [0.25, 0.3) is 0 Å². The van der Waals surface area contributed by atoms with Crippen LogP contribution in [0.15, 0.2) is 29.3 Å². The fraction of sp³-hybridized carbons (Fsp3) is 0.588. The molecular formula is C17H28N4. The summed E-state index contributed by atoms with van der Waals surface area (Å²) in [5.74, 6) is 1.39. The standard InChI is InChI=1S/C17H28N4/c1-3-15-5-4-6-16(13-15)20-17(18)19-9-12-21-10-7-14(2)8-11-21/h4-6,13-14H,3,7-12H2,1-2H3,(H3,18,19,20). The minimum atomic E-state index is 0.508. The lowest BCUT2D eigenvalue weighted by Gasteiger charge is -2.29. The Balaban J connectivity index is 1.76. The molecule has 1 aromatic carbocycles. The largest absolute Gasteiger partial charge is 0.370 e. The number of benzene rings is 1. The minimum absolute atomic E-state index is 0.508. The van der Waals surface area contributed by atoms with Gasteiger partial charge in [-0.3, -0.25) is 4.99 Å². The van der Waals surface area contributed by atoms with Crippen molar-refractivity contribution < 1.29 is 0 Å². The highest BCUT2D eigenvalue weighted by Gasteiger charge is 2.14. The monoisotopic (exact) mass is 288 g/mol. The van der Waals surface area contributed by atoms with Crippen molar-refractivity contribution in [1.29, 1.82) is 0 Å². The van der Waals surface area contributed by atoms with Crippen LogP contribution in [0.3, 0.4) is 0 Å². The van der Waals surface area contributed by atoms with Gasteiger partial charge < -0.3 is 16.0 Å². The lowest BCUT2D eigenvalue weighted by atomic mass is 9.99. The molecule has 2 rings (SSSR count). The predicted octanol–water partition coefficient (Wildman–Crippen LogP) is 2.71. The number of nitrogens with one attached hydrogen (secondary N) is 1. The molecule has 1 aliphatic heterocycles. The van der Waals surface area contributed by atoms with Gasteiger partial charge in [-0.2, -0.15) is 0 Å². The fourth-order valence-electron chi connectivity index (χ4n) is 2.65. The van der Waals surface area contributed by atoms with Gasteiger partial charge in [0.1, 0.15) is 0 Å². The van der Waals surface area contributed by atoms with E-state index >= 15 is 0 Å². The maximum atomic E-state index is 5.96. The zero-order valence-corrected chi connectivity index (χ0v) is 13.3. The Morgan fingerprint density at radius 2 is 2.14 bits per heavy atom. The molecule has 0 bridgehead atoms. The maximum Gasteiger partial charge on any atom is 0.193 e. The van der Waals surface area contributed by atoms with Crippen LogP contribution in [0.1, 0.15) is 32.3 Å². The van der Waals surface area contributed by atoms with Crippen molar-refractivity contribution in [3.05, 3.63) is 29.8 Å². The van der Waals surface area contributed by atoms with Crippen LogP contribution in [-0.2, 0) is 6.42 Å². The molecule has 1 aliphatic rings. The average molecular weight is 288 g/mol. The van der Waals surface area contributed by atoms with Crippen molar-refractivity contribution in [3.63, 3.8) is 0 Å². The Morgan fingerprint density at radius 3 is 2.86 bits per heavy atom. The molecule has 4 heteroatoms. The molecule has 116 valence electrons. The first-order chi connectivity index (χ1) is 10.2. The number of nitrogens with two attached hydrogens (primary N) is 1. The number of hydrogen-bond donors (Lipinski definition) is 2. The molecule has 0 atom stereocenters. The first-order valence-electron chi connectivity index (χ1n) is 8.05. The number of aryl methyl sites for hydroxylation is 1. The van der Waals surface area contributed by atoms with Crippen LogP contribution in [0.5, 0.6) is 0 Å². The summed E-state index contributed by atoms with van der Waals surface area (Å²) in [7, 11) is 0. The molecule has 0 saturated carbocycles. The second-order valence-corrected chi connectivity index (χ2v) is 5.97. The van der Waals surface area contributed by atoms with Crippen molar-refractivity contribution >= 4 is 11.6 Å². The van der Waals surface area contributed by atoms with Crippen LogP contribution >= 0.6 is 0 Å². The summed E-state index contributed by atoms with van der Waals surface area (Å²) in [6.45, 7) is 8.65. The van der Waals surface area contributed by atoms with E-state index in [-0.39, 0.29) is 0 Å². The van der Waals surface area contributed by atoms with Crippen LogP contribution < -0.4 is 11.1 Å². The third-order valence-corrected chi connectivity index (χ3v) is 4.18. The number of likely N-dealkylation sites (tertiary alicyclic amines) is 1. The van der Waals surface area contributed by atoms with Gasteiger partial charge in [-0.05, 0) is 56.0 Å². The van der Waals surface area contributed by atoms with E-state index in [1.165, 1.54) is 31.5 Å². The molecule has 0 unspecified atom stereocenters. The van der Waals surface area contributed by atoms with Crippen molar-refractivity contribution in [3.8, 4) is 0 Å². The SMILES string of the molecule is CCc1cccc(NC(N)=NCCN2CCC(C)CC2)c1. The Hall–Kier alpha value is -1.55. The van der Waals surface area contributed by atoms with E-state index in [9.17, 15) is 0 Å². The second kappa shape index (κ2) is 8.03. The molecule has 1 fully saturated rings. The Morgan fingerprint density at radius 1 is 1.38 bits per heavy atom. The Kier molecular flexibility index (Phi) is 6.05. The second-order valence-electron chi connectivity index (χ2n) is 5.97. The quantitative estimate of drug-likeness (QED) is 0.647. The van der Waals surface area contributed by atoms with Crippen LogP contribution in [0.2, 0.25) is 0 Å². The summed E-state index contributed by atoms with van der Waals surface area (Å²) >= 11 is 0. The number of hydrogen-bond acceptors (Lipinski definition) is 2. The summed E-state index contributed by atoms with van der Waals surface area (Å²) in [6.07, 6.45) is 3.64. The normalized spacial score (nSPS) is 17.9. The van der Waals surface area contributed by atoms with Crippen LogP contribution in [0.4, 0.5) is 5.69 Å². The number of rotatable bonds is 5. The first-order valence-corrected chi connectivity index (χ1v) is 8.05. The molecule has 4 nitrogen and oxygen atoms in total. The summed E-state index contributed by atoms with van der Waals surface area (Å²) in [6, 6.07) is 8.31. The molecule has 1 aromatic rings. The van der Waals surface area contributed by atoms with E-state index in [1.807, 2.05) is 12.1 Å². The zero-order chi connectivity index (χ0) is 15.1. The van der Waals surface area contributed by atoms with E-state index in [1.54, 1.807) is 0 Å². The van der Waals surface area contributed by atoms with Crippen LogP contribution in [0, 0.1) is 5.92 Å². The van der Waals surface area contributed by atoms with E-state index in [2.05, 4.69) is 41.2 Å². The Labute approximate surface area is 128 Å². The lowest BCUT2D eigenvalue weighted by molar-refractivity contribution is 0.197. The molecule has 0 amide bonds. The molecule has 0 spiro atoms. The summed E-state index contributed by atoms with van der Waals surface area (Å²) in [5, 5.41) is 3.17.